The minimum Gasteiger partial charge on any atom is -0.331 e. The number of nitrogens with zero attached hydrogens (tertiary/aromatic N) is 3. The maximum absolute atomic E-state index is 12.8. The molecule has 0 unspecified atom stereocenters. The number of imidazole rings is 1. The maximum Gasteiger partial charge on any atom is 0.240 e. The zero-order valence-electron chi connectivity index (χ0n) is 16.9. The SMILES string of the molecule is CN1C(=O)C(C)(C)c2cc(S(=O)(=O)NCCc3nc4ccccc4n3C)ccc21. The largest absolute Gasteiger partial charge is 0.331 e. The van der Waals surface area contributed by atoms with Crippen molar-refractivity contribution in [3.05, 3.63) is 53.9 Å². The van der Waals surface area contributed by atoms with E-state index in [0.29, 0.717) is 6.42 Å². The van der Waals surface area contributed by atoms with Crippen molar-refractivity contribution in [1.82, 2.24) is 14.3 Å². The molecule has 7 nitrogen and oxygen atoms in total. The van der Waals surface area contributed by atoms with Gasteiger partial charge in [-0.25, -0.2) is 18.1 Å². The van der Waals surface area contributed by atoms with Crippen molar-refractivity contribution in [3.8, 4) is 0 Å². The predicted octanol–water partition coefficient (Wildman–Crippen LogP) is 2.35. The zero-order chi connectivity index (χ0) is 21.0. The normalized spacial score (nSPS) is 15.9. The molecule has 0 bridgehead atoms. The Labute approximate surface area is 170 Å². The van der Waals surface area contributed by atoms with Crippen molar-refractivity contribution >= 4 is 32.7 Å². The van der Waals surface area contributed by atoms with E-state index in [1.165, 1.54) is 0 Å². The molecule has 4 rings (SSSR count). The van der Waals surface area contributed by atoms with Gasteiger partial charge in [-0.2, -0.15) is 0 Å². The third-order valence-corrected chi connectivity index (χ3v) is 7.13. The number of likely N-dealkylation sites (N-methyl/N-ethyl adjacent to an activating group) is 1. The molecule has 8 heteroatoms. The van der Waals surface area contributed by atoms with Crippen molar-refractivity contribution in [1.29, 1.82) is 0 Å². The van der Waals surface area contributed by atoms with Crippen LogP contribution in [0.4, 0.5) is 5.69 Å². The molecule has 2 aromatic carbocycles. The van der Waals surface area contributed by atoms with Gasteiger partial charge in [0.05, 0.1) is 21.3 Å². The molecule has 0 saturated heterocycles. The number of hydrogen-bond donors (Lipinski definition) is 1. The van der Waals surface area contributed by atoms with Gasteiger partial charge in [0, 0.05) is 32.7 Å². The van der Waals surface area contributed by atoms with E-state index in [2.05, 4.69) is 9.71 Å². The van der Waals surface area contributed by atoms with Crippen molar-refractivity contribution in [2.75, 3.05) is 18.5 Å². The Kier molecular flexibility index (Phi) is 4.51. The average Bonchev–Trinajstić information content (AvgIpc) is 3.09. The Hall–Kier alpha value is -2.71. The summed E-state index contributed by atoms with van der Waals surface area (Å²) in [5.74, 6) is 0.771. The first-order valence-electron chi connectivity index (χ1n) is 9.45. The third kappa shape index (κ3) is 3.12. The molecule has 0 aliphatic carbocycles. The zero-order valence-corrected chi connectivity index (χ0v) is 17.7. The summed E-state index contributed by atoms with van der Waals surface area (Å²) in [7, 11) is -0.0636. The van der Waals surface area contributed by atoms with E-state index in [4.69, 9.17) is 0 Å². The van der Waals surface area contributed by atoms with Gasteiger partial charge in [0.1, 0.15) is 5.82 Å². The monoisotopic (exact) mass is 412 g/mol. The number of nitrogens with one attached hydrogen (secondary N) is 1. The Balaban J connectivity index is 1.53. The van der Waals surface area contributed by atoms with Crippen LogP contribution in [0.25, 0.3) is 11.0 Å². The highest BCUT2D eigenvalue weighted by Crippen LogP contribution is 2.41. The molecule has 0 radical (unpaired) electrons. The third-order valence-electron chi connectivity index (χ3n) is 5.67. The number of fused-ring (bicyclic) bond motifs is 2. The van der Waals surface area contributed by atoms with Crippen molar-refractivity contribution < 1.29 is 13.2 Å². The van der Waals surface area contributed by atoms with Crippen LogP contribution in [-0.4, -0.2) is 37.5 Å². The summed E-state index contributed by atoms with van der Waals surface area (Å²) < 4.78 is 30.3. The summed E-state index contributed by atoms with van der Waals surface area (Å²) in [6, 6.07) is 12.7. The van der Waals surface area contributed by atoms with Gasteiger partial charge in [-0.05, 0) is 49.7 Å². The number of aromatic nitrogens is 2. The predicted molar refractivity (Wildman–Crippen MR) is 112 cm³/mol. The highest BCUT2D eigenvalue weighted by molar-refractivity contribution is 7.89. The van der Waals surface area contributed by atoms with Crippen LogP contribution in [0, 0.1) is 0 Å². The molecule has 1 aliphatic heterocycles. The van der Waals surface area contributed by atoms with Gasteiger partial charge in [-0.1, -0.05) is 12.1 Å². The number of para-hydroxylation sites is 2. The quantitative estimate of drug-likeness (QED) is 0.697. The molecule has 152 valence electrons. The first-order valence-corrected chi connectivity index (χ1v) is 10.9. The standard InChI is InChI=1S/C21H24N4O3S/c1-21(2)15-13-14(9-10-17(15)25(4)20(21)26)29(27,28)22-12-11-19-23-16-7-5-6-8-18(16)24(19)3/h5-10,13,22H,11-12H2,1-4H3. The van der Waals surface area contributed by atoms with Crippen LogP contribution in [0.2, 0.25) is 0 Å². The number of benzene rings is 2. The second-order valence-corrected chi connectivity index (χ2v) is 9.66. The number of hydrogen-bond acceptors (Lipinski definition) is 4. The first kappa shape index (κ1) is 19.6. The number of carbonyl (C=O) groups excluding carboxylic acids is 1. The molecule has 2 heterocycles. The molecule has 0 spiro atoms. The van der Waals surface area contributed by atoms with Crippen molar-refractivity contribution in [2.45, 2.75) is 30.6 Å². The van der Waals surface area contributed by atoms with E-state index in [9.17, 15) is 13.2 Å². The molecule has 1 aliphatic rings. The highest BCUT2D eigenvalue weighted by atomic mass is 32.2. The number of rotatable bonds is 5. The topological polar surface area (TPSA) is 84.3 Å². The molecule has 0 saturated carbocycles. The lowest BCUT2D eigenvalue weighted by atomic mass is 9.86. The molecule has 0 fully saturated rings. The van der Waals surface area contributed by atoms with Gasteiger partial charge in [-0.3, -0.25) is 4.79 Å². The van der Waals surface area contributed by atoms with Crippen LogP contribution in [0.5, 0.6) is 0 Å². The van der Waals surface area contributed by atoms with E-state index >= 15 is 0 Å². The fourth-order valence-electron chi connectivity index (χ4n) is 3.92. The van der Waals surface area contributed by atoms with Gasteiger partial charge in [-0.15, -0.1) is 0 Å². The number of amides is 1. The van der Waals surface area contributed by atoms with E-state index in [-0.39, 0.29) is 17.3 Å². The minimum atomic E-state index is -3.70. The summed E-state index contributed by atoms with van der Waals surface area (Å²) in [5.41, 5.74) is 2.63. The summed E-state index contributed by atoms with van der Waals surface area (Å²) >= 11 is 0. The number of aryl methyl sites for hydroxylation is 1. The van der Waals surface area contributed by atoms with Crippen LogP contribution < -0.4 is 9.62 Å². The average molecular weight is 413 g/mol. The second-order valence-electron chi connectivity index (χ2n) is 7.89. The Bertz CT molecular complexity index is 1230. The second kappa shape index (κ2) is 6.67. The maximum atomic E-state index is 12.8. The lowest BCUT2D eigenvalue weighted by Gasteiger charge is -2.16. The van der Waals surface area contributed by atoms with Gasteiger partial charge in [0.25, 0.3) is 0 Å². The smallest absolute Gasteiger partial charge is 0.240 e. The van der Waals surface area contributed by atoms with Crippen LogP contribution in [0.1, 0.15) is 25.2 Å². The molecule has 1 aromatic heterocycles. The summed E-state index contributed by atoms with van der Waals surface area (Å²) in [5, 5.41) is 0. The highest BCUT2D eigenvalue weighted by Gasteiger charge is 2.42. The van der Waals surface area contributed by atoms with Crippen LogP contribution in [-0.2, 0) is 33.7 Å². The molecular weight excluding hydrogens is 388 g/mol. The van der Waals surface area contributed by atoms with E-state index in [1.54, 1.807) is 30.1 Å². The van der Waals surface area contributed by atoms with E-state index in [0.717, 1.165) is 28.1 Å². The number of sulfonamides is 1. The van der Waals surface area contributed by atoms with E-state index in [1.807, 2.05) is 49.7 Å². The molecular formula is C21H24N4O3S. The number of carbonyl (C=O) groups is 1. The molecule has 1 N–H and O–H groups in total. The van der Waals surface area contributed by atoms with Crippen LogP contribution >= 0.6 is 0 Å². The van der Waals surface area contributed by atoms with Gasteiger partial charge < -0.3 is 9.47 Å². The minimum absolute atomic E-state index is 0.0446. The Morgan fingerprint density at radius 1 is 1.10 bits per heavy atom. The molecule has 0 atom stereocenters. The Morgan fingerprint density at radius 3 is 2.55 bits per heavy atom. The summed E-state index contributed by atoms with van der Waals surface area (Å²) in [6.45, 7) is 3.86. The van der Waals surface area contributed by atoms with Crippen LogP contribution in [0.15, 0.2) is 47.4 Å². The van der Waals surface area contributed by atoms with E-state index < -0.39 is 15.4 Å². The van der Waals surface area contributed by atoms with Gasteiger partial charge in [0.15, 0.2) is 0 Å². The van der Waals surface area contributed by atoms with Crippen molar-refractivity contribution in [3.63, 3.8) is 0 Å². The molecule has 29 heavy (non-hydrogen) atoms. The van der Waals surface area contributed by atoms with Gasteiger partial charge >= 0.3 is 0 Å². The number of anilines is 1. The fourth-order valence-corrected chi connectivity index (χ4v) is 4.98. The molecule has 3 aromatic rings. The summed E-state index contributed by atoms with van der Waals surface area (Å²) in [6.07, 6.45) is 0.474. The van der Waals surface area contributed by atoms with Crippen molar-refractivity contribution in [2.24, 2.45) is 7.05 Å². The summed E-state index contributed by atoms with van der Waals surface area (Å²) in [4.78, 5) is 18.7. The molecule has 1 amide bonds. The van der Waals surface area contributed by atoms with Gasteiger partial charge in [0.2, 0.25) is 15.9 Å². The van der Waals surface area contributed by atoms with Crippen LogP contribution in [0.3, 0.4) is 0 Å². The first-order chi connectivity index (χ1) is 13.6. The lowest BCUT2D eigenvalue weighted by Crippen LogP contribution is -2.33. The fraction of sp³-hybridized carbons (Fsp3) is 0.333. The Morgan fingerprint density at radius 2 is 1.83 bits per heavy atom. The lowest BCUT2D eigenvalue weighted by molar-refractivity contribution is -0.121.